The van der Waals surface area contributed by atoms with Crippen molar-refractivity contribution < 1.29 is 9.31 Å². The number of hydrogen-bond acceptors (Lipinski definition) is 1. The van der Waals surface area contributed by atoms with E-state index in [0.717, 1.165) is 19.0 Å². The summed E-state index contributed by atoms with van der Waals surface area (Å²) in [4.78, 5) is 0. The van der Waals surface area contributed by atoms with E-state index in [2.05, 4.69) is 71.3 Å². The minimum Gasteiger partial charge on any atom is -0.416 e. The molecule has 0 bridgehead atoms. The summed E-state index contributed by atoms with van der Waals surface area (Å²) in [5, 5.41) is 0. The monoisotopic (exact) mass is 290 g/mol. The molecule has 0 N–H and O–H groups in total. The predicted molar refractivity (Wildman–Crippen MR) is 88.1 cm³/mol. The Kier molecular flexibility index (Phi) is 3.30. The fourth-order valence-electron chi connectivity index (χ4n) is 3.62. The third kappa shape index (κ3) is 1.98. The van der Waals surface area contributed by atoms with E-state index in [-0.39, 0.29) is 5.41 Å². The lowest BCUT2D eigenvalue weighted by molar-refractivity contribution is -0.516. The van der Waals surface area contributed by atoms with E-state index in [0.29, 0.717) is 0 Å². The summed E-state index contributed by atoms with van der Waals surface area (Å²) in [6.45, 7) is 2.16. The number of ether oxygens (including phenoxy) is 1. The average molecular weight is 290 g/mol. The Morgan fingerprint density at radius 1 is 0.773 bits per heavy atom. The molecule has 2 nitrogen and oxygen atoms in total. The van der Waals surface area contributed by atoms with Crippen molar-refractivity contribution in [3.8, 4) is 0 Å². The van der Waals surface area contributed by atoms with Gasteiger partial charge in [0.05, 0.1) is 6.26 Å². The minimum absolute atomic E-state index is 0.299. The maximum Gasteiger partial charge on any atom is 0.360 e. The molecule has 2 heterocycles. The van der Waals surface area contributed by atoms with Crippen LogP contribution in [0.3, 0.4) is 0 Å². The molecule has 2 aliphatic heterocycles. The lowest BCUT2D eigenvalue weighted by Gasteiger charge is -2.25. The first-order chi connectivity index (χ1) is 10.9. The van der Waals surface area contributed by atoms with Gasteiger partial charge in [-0.25, -0.2) is 4.58 Å². The zero-order valence-electron chi connectivity index (χ0n) is 12.6. The van der Waals surface area contributed by atoms with Gasteiger partial charge in [-0.3, -0.25) is 0 Å². The van der Waals surface area contributed by atoms with Crippen LogP contribution in [0.5, 0.6) is 0 Å². The molecule has 2 aromatic carbocycles. The highest BCUT2D eigenvalue weighted by Gasteiger charge is 2.49. The van der Waals surface area contributed by atoms with Crippen LogP contribution in [-0.2, 0) is 10.2 Å². The molecule has 1 saturated heterocycles. The number of benzene rings is 2. The molecular weight excluding hydrogens is 270 g/mol. The lowest BCUT2D eigenvalue weighted by atomic mass is 9.74. The second kappa shape index (κ2) is 5.45. The molecule has 0 unspecified atom stereocenters. The normalized spacial score (nSPS) is 19.5. The molecule has 110 valence electrons. The summed E-state index contributed by atoms with van der Waals surface area (Å²) in [5.41, 5.74) is 2.22. The summed E-state index contributed by atoms with van der Waals surface area (Å²) >= 11 is 0. The van der Waals surface area contributed by atoms with E-state index in [1.807, 2.05) is 6.26 Å². The van der Waals surface area contributed by atoms with Crippen molar-refractivity contribution >= 4 is 5.90 Å². The highest BCUT2D eigenvalue weighted by atomic mass is 16.5. The Balaban J connectivity index is 1.97. The second-order valence-electron chi connectivity index (χ2n) is 5.96. The van der Waals surface area contributed by atoms with Gasteiger partial charge in [0.1, 0.15) is 13.1 Å². The quantitative estimate of drug-likeness (QED) is 0.768. The molecule has 22 heavy (non-hydrogen) atoms. The molecule has 2 aromatic rings. The Morgan fingerprint density at radius 3 is 1.86 bits per heavy atom. The summed E-state index contributed by atoms with van der Waals surface area (Å²) in [7, 11) is 0. The van der Waals surface area contributed by atoms with Crippen LogP contribution in [0.2, 0.25) is 0 Å². The predicted octanol–water partition coefficient (Wildman–Crippen LogP) is 3.72. The van der Waals surface area contributed by atoms with Crippen molar-refractivity contribution in [1.29, 1.82) is 0 Å². The number of hydrogen-bond donors (Lipinski definition) is 0. The van der Waals surface area contributed by atoms with Gasteiger partial charge < -0.3 is 4.74 Å². The van der Waals surface area contributed by atoms with E-state index in [1.165, 1.54) is 24.0 Å². The first kappa shape index (κ1) is 13.3. The standard InChI is InChI=1S/C20H20NO/c1-3-9-17(10-4-1)20(18-11-5-2-6-12-18)13-16-22-19(20)21-14-7-8-15-21/h1-6,9-13,16H,7-8,14-15H2/q+1. The fourth-order valence-corrected chi connectivity index (χ4v) is 3.62. The van der Waals surface area contributed by atoms with Crippen LogP contribution in [0, 0.1) is 0 Å². The molecule has 0 aliphatic carbocycles. The summed E-state index contributed by atoms with van der Waals surface area (Å²) < 4.78 is 8.43. The van der Waals surface area contributed by atoms with Gasteiger partial charge in [0.25, 0.3) is 0 Å². The van der Waals surface area contributed by atoms with Crippen LogP contribution in [0.4, 0.5) is 0 Å². The Hall–Kier alpha value is -2.35. The highest BCUT2D eigenvalue weighted by molar-refractivity contribution is 5.93. The minimum atomic E-state index is -0.299. The van der Waals surface area contributed by atoms with E-state index >= 15 is 0 Å². The average Bonchev–Trinajstić information content (AvgIpc) is 3.26. The van der Waals surface area contributed by atoms with Crippen molar-refractivity contribution in [3.63, 3.8) is 0 Å². The maximum absolute atomic E-state index is 6.02. The second-order valence-corrected chi connectivity index (χ2v) is 5.96. The topological polar surface area (TPSA) is 12.2 Å². The molecular formula is C20H20NO+. The Bertz CT molecular complexity index is 668. The van der Waals surface area contributed by atoms with Gasteiger partial charge in [-0.05, 0) is 17.2 Å². The molecule has 4 rings (SSSR count). The van der Waals surface area contributed by atoms with Gasteiger partial charge in [0.15, 0.2) is 5.41 Å². The van der Waals surface area contributed by atoms with Crippen molar-refractivity contribution in [2.24, 2.45) is 0 Å². The molecule has 0 atom stereocenters. The van der Waals surface area contributed by atoms with Crippen molar-refractivity contribution in [1.82, 2.24) is 0 Å². The summed E-state index contributed by atoms with van der Waals surface area (Å²) in [6, 6.07) is 21.3. The van der Waals surface area contributed by atoms with Crippen molar-refractivity contribution in [2.45, 2.75) is 18.3 Å². The zero-order chi connectivity index (χ0) is 14.8. The smallest absolute Gasteiger partial charge is 0.360 e. The fraction of sp³-hybridized carbons (Fsp3) is 0.250. The van der Waals surface area contributed by atoms with Gasteiger partial charge in [-0.1, -0.05) is 60.7 Å². The lowest BCUT2D eigenvalue weighted by Crippen LogP contribution is -2.39. The van der Waals surface area contributed by atoms with Crippen LogP contribution >= 0.6 is 0 Å². The molecule has 1 fully saturated rings. The SMILES string of the molecule is C1=CC(c2ccccc2)(c2ccccc2)C(=[N+]2CCCC2)O1. The van der Waals surface area contributed by atoms with Crippen molar-refractivity contribution in [3.05, 3.63) is 84.1 Å². The van der Waals surface area contributed by atoms with Gasteiger partial charge in [0.2, 0.25) is 0 Å². The van der Waals surface area contributed by atoms with E-state index in [9.17, 15) is 0 Å². The van der Waals surface area contributed by atoms with Crippen LogP contribution in [0.15, 0.2) is 73.0 Å². The Labute approximate surface area is 131 Å². The Morgan fingerprint density at radius 2 is 1.32 bits per heavy atom. The maximum atomic E-state index is 6.02. The van der Waals surface area contributed by atoms with E-state index in [4.69, 9.17) is 4.74 Å². The van der Waals surface area contributed by atoms with Gasteiger partial charge in [0, 0.05) is 12.8 Å². The first-order valence-electron chi connectivity index (χ1n) is 7.99. The summed E-state index contributed by atoms with van der Waals surface area (Å²) in [5.74, 6) is 1.06. The van der Waals surface area contributed by atoms with Gasteiger partial charge in [-0.15, -0.1) is 0 Å². The molecule has 0 amide bonds. The third-order valence-electron chi connectivity index (χ3n) is 4.69. The number of rotatable bonds is 2. The van der Waals surface area contributed by atoms with Crippen LogP contribution in [0.25, 0.3) is 0 Å². The third-order valence-corrected chi connectivity index (χ3v) is 4.69. The van der Waals surface area contributed by atoms with E-state index < -0.39 is 0 Å². The molecule has 0 spiro atoms. The zero-order valence-corrected chi connectivity index (χ0v) is 12.6. The molecule has 0 radical (unpaired) electrons. The van der Waals surface area contributed by atoms with Gasteiger partial charge >= 0.3 is 5.90 Å². The largest absolute Gasteiger partial charge is 0.416 e. The van der Waals surface area contributed by atoms with Crippen LogP contribution in [0.1, 0.15) is 24.0 Å². The summed E-state index contributed by atoms with van der Waals surface area (Å²) in [6.07, 6.45) is 6.54. The van der Waals surface area contributed by atoms with Crippen molar-refractivity contribution in [2.75, 3.05) is 13.1 Å². The first-order valence-corrected chi connectivity index (χ1v) is 7.99. The highest BCUT2D eigenvalue weighted by Crippen LogP contribution is 2.39. The molecule has 2 aliphatic rings. The van der Waals surface area contributed by atoms with Crippen LogP contribution in [-0.4, -0.2) is 23.6 Å². The molecule has 0 aromatic heterocycles. The van der Waals surface area contributed by atoms with Gasteiger partial charge in [-0.2, -0.15) is 0 Å². The molecule has 2 heteroatoms. The van der Waals surface area contributed by atoms with Crippen LogP contribution < -0.4 is 0 Å². The number of nitrogens with zero attached hydrogens (tertiary/aromatic N) is 1. The van der Waals surface area contributed by atoms with E-state index in [1.54, 1.807) is 0 Å². The molecule has 0 saturated carbocycles.